The zero-order valence-electron chi connectivity index (χ0n) is 10.8. The van der Waals surface area contributed by atoms with Gasteiger partial charge in [-0.2, -0.15) is 0 Å². The van der Waals surface area contributed by atoms with Crippen LogP contribution < -0.4 is 0 Å². The van der Waals surface area contributed by atoms with Crippen LogP contribution in [0.2, 0.25) is 0 Å². The Balaban J connectivity index is 1.95. The highest BCUT2D eigenvalue weighted by atomic mass is 79.9. The molecular weight excluding hydrogens is 294 g/mol. The lowest BCUT2D eigenvalue weighted by molar-refractivity contribution is 0.0726. The molecule has 1 aliphatic heterocycles. The van der Waals surface area contributed by atoms with Crippen LogP contribution in [-0.2, 0) is 0 Å². The van der Waals surface area contributed by atoms with Crippen molar-refractivity contribution in [1.82, 2.24) is 4.90 Å². The van der Waals surface area contributed by atoms with Crippen molar-refractivity contribution in [2.75, 3.05) is 13.1 Å². The van der Waals surface area contributed by atoms with Crippen molar-refractivity contribution in [3.05, 3.63) is 22.6 Å². The van der Waals surface area contributed by atoms with Crippen LogP contribution in [0.5, 0.6) is 0 Å². The molecule has 0 aliphatic carbocycles. The first-order chi connectivity index (χ1) is 8.70. The van der Waals surface area contributed by atoms with Gasteiger partial charge in [0.25, 0.3) is 5.91 Å². The van der Waals surface area contributed by atoms with Crippen molar-refractivity contribution in [3.63, 3.8) is 0 Å². The van der Waals surface area contributed by atoms with E-state index in [9.17, 15) is 4.79 Å². The number of carbonyl (C=O) groups excluding carboxylic acids is 1. The molecular formula is C14H20BrNO2. The molecule has 0 radical (unpaired) electrons. The van der Waals surface area contributed by atoms with Gasteiger partial charge in [-0.25, -0.2) is 0 Å². The van der Waals surface area contributed by atoms with Gasteiger partial charge in [0.15, 0.2) is 10.4 Å². The number of hydrogen-bond donors (Lipinski definition) is 0. The van der Waals surface area contributed by atoms with Gasteiger partial charge in [0.05, 0.1) is 0 Å². The minimum atomic E-state index is 0.0258. The van der Waals surface area contributed by atoms with E-state index in [0.717, 1.165) is 31.8 Å². The fourth-order valence-corrected chi connectivity index (χ4v) is 2.96. The molecule has 1 saturated heterocycles. The van der Waals surface area contributed by atoms with Crippen LogP contribution in [0.4, 0.5) is 0 Å². The summed E-state index contributed by atoms with van der Waals surface area (Å²) in [6, 6.07) is 3.51. The predicted molar refractivity (Wildman–Crippen MR) is 74.6 cm³/mol. The lowest BCUT2D eigenvalue weighted by Gasteiger charge is -2.19. The zero-order valence-corrected chi connectivity index (χ0v) is 12.4. The SMILES string of the molecule is CCCC1CCCN(C(=O)c2ccc(Br)o2)CC1. The van der Waals surface area contributed by atoms with E-state index in [1.807, 2.05) is 4.90 Å². The molecule has 1 unspecified atom stereocenters. The topological polar surface area (TPSA) is 33.5 Å². The fourth-order valence-electron chi connectivity index (χ4n) is 2.65. The Morgan fingerprint density at radius 2 is 2.28 bits per heavy atom. The Hall–Kier alpha value is -0.770. The van der Waals surface area contributed by atoms with Crippen molar-refractivity contribution in [2.45, 2.75) is 39.0 Å². The molecule has 0 saturated carbocycles. The monoisotopic (exact) mass is 313 g/mol. The van der Waals surface area contributed by atoms with Gasteiger partial charge in [-0.3, -0.25) is 4.79 Å². The Kier molecular flexibility index (Phi) is 4.87. The minimum Gasteiger partial charge on any atom is -0.444 e. The van der Waals surface area contributed by atoms with Crippen molar-refractivity contribution in [1.29, 1.82) is 0 Å². The van der Waals surface area contributed by atoms with Crippen LogP contribution in [0.1, 0.15) is 49.6 Å². The number of furan rings is 1. The van der Waals surface area contributed by atoms with Crippen LogP contribution >= 0.6 is 15.9 Å². The summed E-state index contributed by atoms with van der Waals surface area (Å²) in [6.07, 6.45) is 6.01. The number of nitrogens with zero attached hydrogens (tertiary/aromatic N) is 1. The van der Waals surface area contributed by atoms with Crippen molar-refractivity contribution in [3.8, 4) is 0 Å². The molecule has 1 aliphatic rings. The zero-order chi connectivity index (χ0) is 13.0. The highest BCUT2D eigenvalue weighted by molar-refractivity contribution is 9.10. The van der Waals surface area contributed by atoms with Gasteiger partial charge in [0.2, 0.25) is 0 Å². The summed E-state index contributed by atoms with van der Waals surface area (Å²) < 4.78 is 5.95. The summed E-state index contributed by atoms with van der Waals surface area (Å²) in [4.78, 5) is 14.2. The summed E-state index contributed by atoms with van der Waals surface area (Å²) in [7, 11) is 0. The Morgan fingerprint density at radius 3 is 2.94 bits per heavy atom. The molecule has 0 aromatic carbocycles. The average molecular weight is 314 g/mol. The lowest BCUT2D eigenvalue weighted by Crippen LogP contribution is -2.31. The van der Waals surface area contributed by atoms with Crippen molar-refractivity contribution < 1.29 is 9.21 Å². The Morgan fingerprint density at radius 1 is 1.44 bits per heavy atom. The Bertz CT molecular complexity index is 402. The molecule has 100 valence electrons. The number of hydrogen-bond acceptors (Lipinski definition) is 2. The third kappa shape index (κ3) is 3.37. The van der Waals surface area contributed by atoms with E-state index in [4.69, 9.17) is 4.42 Å². The summed E-state index contributed by atoms with van der Waals surface area (Å²) in [6.45, 7) is 3.95. The molecule has 1 amide bonds. The molecule has 1 atom stereocenters. The summed E-state index contributed by atoms with van der Waals surface area (Å²) >= 11 is 3.23. The highest BCUT2D eigenvalue weighted by Crippen LogP contribution is 2.23. The van der Waals surface area contributed by atoms with E-state index in [1.165, 1.54) is 19.3 Å². The molecule has 1 aromatic rings. The van der Waals surface area contributed by atoms with Gasteiger partial charge in [-0.1, -0.05) is 19.8 Å². The normalized spacial score (nSPS) is 20.8. The van der Waals surface area contributed by atoms with Crippen LogP contribution in [0.3, 0.4) is 0 Å². The van der Waals surface area contributed by atoms with Crippen LogP contribution in [0.15, 0.2) is 21.2 Å². The second-order valence-corrected chi connectivity index (χ2v) is 5.76. The van der Waals surface area contributed by atoms with E-state index in [2.05, 4.69) is 22.9 Å². The van der Waals surface area contributed by atoms with Gasteiger partial charge in [0, 0.05) is 13.1 Å². The number of likely N-dealkylation sites (tertiary alicyclic amines) is 1. The first-order valence-electron chi connectivity index (χ1n) is 6.75. The van der Waals surface area contributed by atoms with E-state index in [-0.39, 0.29) is 5.91 Å². The van der Waals surface area contributed by atoms with Gasteiger partial charge in [-0.15, -0.1) is 0 Å². The van der Waals surface area contributed by atoms with Crippen LogP contribution in [0.25, 0.3) is 0 Å². The molecule has 3 nitrogen and oxygen atoms in total. The molecule has 0 N–H and O–H groups in total. The molecule has 4 heteroatoms. The average Bonchev–Trinajstić information content (AvgIpc) is 2.65. The minimum absolute atomic E-state index is 0.0258. The Labute approximate surface area is 117 Å². The summed E-state index contributed by atoms with van der Waals surface area (Å²) in [5.41, 5.74) is 0. The smallest absolute Gasteiger partial charge is 0.289 e. The van der Waals surface area contributed by atoms with E-state index >= 15 is 0 Å². The summed E-state index contributed by atoms with van der Waals surface area (Å²) in [5.74, 6) is 1.25. The highest BCUT2D eigenvalue weighted by Gasteiger charge is 2.23. The molecule has 1 aromatic heterocycles. The molecule has 18 heavy (non-hydrogen) atoms. The predicted octanol–water partition coefficient (Wildman–Crippen LogP) is 4.08. The first-order valence-corrected chi connectivity index (χ1v) is 7.54. The molecule has 2 heterocycles. The van der Waals surface area contributed by atoms with E-state index < -0.39 is 0 Å². The third-order valence-corrected chi connectivity index (χ3v) is 4.04. The second-order valence-electron chi connectivity index (χ2n) is 4.98. The number of halogens is 1. The molecule has 2 rings (SSSR count). The lowest BCUT2D eigenvalue weighted by atomic mass is 9.96. The van der Waals surface area contributed by atoms with Gasteiger partial charge in [-0.05, 0) is 53.2 Å². The fraction of sp³-hybridized carbons (Fsp3) is 0.643. The maximum Gasteiger partial charge on any atom is 0.289 e. The van der Waals surface area contributed by atoms with E-state index in [1.54, 1.807) is 12.1 Å². The third-order valence-electron chi connectivity index (χ3n) is 3.62. The van der Waals surface area contributed by atoms with Crippen LogP contribution in [0, 0.1) is 5.92 Å². The standard InChI is InChI=1S/C14H20BrNO2/c1-2-4-11-5-3-9-16(10-8-11)14(17)12-6-7-13(15)18-12/h6-7,11H,2-5,8-10H2,1H3. The van der Waals surface area contributed by atoms with E-state index in [0.29, 0.717) is 10.4 Å². The van der Waals surface area contributed by atoms with Gasteiger partial charge < -0.3 is 9.32 Å². The number of rotatable bonds is 3. The summed E-state index contributed by atoms with van der Waals surface area (Å²) in [5, 5.41) is 0. The van der Waals surface area contributed by atoms with Crippen molar-refractivity contribution >= 4 is 21.8 Å². The van der Waals surface area contributed by atoms with Crippen LogP contribution in [-0.4, -0.2) is 23.9 Å². The molecule has 0 spiro atoms. The maximum absolute atomic E-state index is 12.2. The van der Waals surface area contributed by atoms with Gasteiger partial charge in [0.1, 0.15) is 0 Å². The molecule has 0 bridgehead atoms. The molecule has 1 fully saturated rings. The van der Waals surface area contributed by atoms with Gasteiger partial charge >= 0.3 is 0 Å². The number of carbonyl (C=O) groups is 1. The number of amides is 1. The second kappa shape index (κ2) is 6.41. The van der Waals surface area contributed by atoms with Crippen molar-refractivity contribution in [2.24, 2.45) is 5.92 Å². The first kappa shape index (κ1) is 13.7. The quantitative estimate of drug-likeness (QED) is 0.842. The largest absolute Gasteiger partial charge is 0.444 e. The maximum atomic E-state index is 12.2.